The Kier molecular flexibility index (Phi) is 4.33. The van der Waals surface area contributed by atoms with Crippen LogP contribution in [0, 0.1) is 0 Å². The average Bonchev–Trinajstić information content (AvgIpc) is 2.97. The topological polar surface area (TPSA) is 43.3 Å². The number of rotatable bonds is 5. The van der Waals surface area contributed by atoms with Crippen LogP contribution in [0.15, 0.2) is 54.7 Å². The smallest absolute Gasteiger partial charge is 0.251 e. The van der Waals surface area contributed by atoms with Crippen LogP contribution >= 0.6 is 0 Å². The Bertz CT molecular complexity index is 819. The third-order valence-electron chi connectivity index (χ3n) is 4.03. The highest BCUT2D eigenvalue weighted by Crippen LogP contribution is 2.19. The van der Waals surface area contributed by atoms with Gasteiger partial charge in [-0.3, -0.25) is 4.79 Å². The normalized spacial score (nSPS) is 10.7. The highest BCUT2D eigenvalue weighted by Gasteiger charge is 2.10. The van der Waals surface area contributed by atoms with Crippen LogP contribution in [0.5, 0.6) is 5.75 Å². The van der Waals surface area contributed by atoms with E-state index in [9.17, 15) is 4.79 Å². The van der Waals surface area contributed by atoms with Gasteiger partial charge in [-0.15, -0.1) is 0 Å². The molecule has 0 spiro atoms. The van der Waals surface area contributed by atoms with Gasteiger partial charge in [0.25, 0.3) is 5.91 Å². The van der Waals surface area contributed by atoms with Crippen molar-refractivity contribution in [2.75, 3.05) is 13.7 Å². The van der Waals surface area contributed by atoms with Gasteiger partial charge in [0.1, 0.15) is 5.75 Å². The van der Waals surface area contributed by atoms with E-state index in [1.165, 1.54) is 5.56 Å². The lowest BCUT2D eigenvalue weighted by molar-refractivity contribution is 0.0956. The van der Waals surface area contributed by atoms with Crippen molar-refractivity contribution < 1.29 is 9.53 Å². The summed E-state index contributed by atoms with van der Waals surface area (Å²) < 4.78 is 7.16. The van der Waals surface area contributed by atoms with Crippen LogP contribution in [-0.4, -0.2) is 24.1 Å². The van der Waals surface area contributed by atoms with Gasteiger partial charge in [0, 0.05) is 36.3 Å². The van der Waals surface area contributed by atoms with E-state index in [2.05, 4.69) is 5.32 Å². The summed E-state index contributed by atoms with van der Waals surface area (Å²) in [6, 6.07) is 15.7. The minimum absolute atomic E-state index is 0.0321. The van der Waals surface area contributed by atoms with Crippen LogP contribution in [0.1, 0.15) is 15.9 Å². The van der Waals surface area contributed by atoms with Crippen molar-refractivity contribution in [3.8, 4) is 5.75 Å². The first kappa shape index (κ1) is 15.2. The Morgan fingerprint density at radius 2 is 1.91 bits per heavy atom. The van der Waals surface area contributed by atoms with Crippen molar-refractivity contribution in [2.45, 2.75) is 6.42 Å². The molecule has 0 radical (unpaired) electrons. The van der Waals surface area contributed by atoms with Crippen LogP contribution < -0.4 is 10.1 Å². The molecule has 0 saturated carbocycles. The molecule has 1 amide bonds. The van der Waals surface area contributed by atoms with Gasteiger partial charge < -0.3 is 14.6 Å². The van der Waals surface area contributed by atoms with Crippen LogP contribution in [0.3, 0.4) is 0 Å². The summed E-state index contributed by atoms with van der Waals surface area (Å²) in [6.07, 6.45) is 2.76. The van der Waals surface area contributed by atoms with Gasteiger partial charge >= 0.3 is 0 Å². The number of hydrogen-bond acceptors (Lipinski definition) is 2. The number of hydrogen-bond donors (Lipinski definition) is 1. The zero-order valence-corrected chi connectivity index (χ0v) is 13.4. The van der Waals surface area contributed by atoms with Crippen LogP contribution in [-0.2, 0) is 13.5 Å². The third kappa shape index (κ3) is 3.21. The number of amides is 1. The molecule has 0 aliphatic heterocycles. The Morgan fingerprint density at radius 1 is 1.13 bits per heavy atom. The molecule has 0 saturated heterocycles. The number of nitrogens with zero attached hydrogens (tertiary/aromatic N) is 1. The Balaban J connectivity index is 1.64. The number of benzene rings is 2. The fourth-order valence-electron chi connectivity index (χ4n) is 2.71. The molecular formula is C19H20N2O2. The molecule has 1 aromatic heterocycles. The first-order valence-corrected chi connectivity index (χ1v) is 7.64. The molecule has 0 aliphatic rings. The molecule has 23 heavy (non-hydrogen) atoms. The lowest BCUT2D eigenvalue weighted by atomic mass is 10.1. The zero-order valence-electron chi connectivity index (χ0n) is 13.4. The SMILES string of the molecule is COc1ccc(CCNC(=O)c2cccc3c2ccn3C)cc1. The van der Waals surface area contributed by atoms with Gasteiger partial charge in [-0.1, -0.05) is 18.2 Å². The van der Waals surface area contributed by atoms with E-state index in [0.29, 0.717) is 6.54 Å². The molecule has 0 aliphatic carbocycles. The van der Waals surface area contributed by atoms with Gasteiger partial charge in [-0.2, -0.15) is 0 Å². The number of ether oxygens (including phenoxy) is 1. The number of aromatic nitrogens is 1. The second-order valence-corrected chi connectivity index (χ2v) is 5.52. The molecule has 0 bridgehead atoms. The highest BCUT2D eigenvalue weighted by molar-refractivity contribution is 6.06. The van der Waals surface area contributed by atoms with E-state index in [0.717, 1.165) is 28.6 Å². The maximum absolute atomic E-state index is 12.4. The fourth-order valence-corrected chi connectivity index (χ4v) is 2.71. The predicted molar refractivity (Wildman–Crippen MR) is 92.0 cm³/mol. The molecule has 1 heterocycles. The summed E-state index contributed by atoms with van der Waals surface area (Å²) in [5.74, 6) is 0.809. The number of fused-ring (bicyclic) bond motifs is 1. The maximum Gasteiger partial charge on any atom is 0.251 e. The minimum Gasteiger partial charge on any atom is -0.497 e. The second kappa shape index (κ2) is 6.57. The maximum atomic E-state index is 12.4. The van der Waals surface area contributed by atoms with E-state index in [4.69, 9.17) is 4.74 Å². The van der Waals surface area contributed by atoms with Gasteiger partial charge in [0.15, 0.2) is 0 Å². The van der Waals surface area contributed by atoms with E-state index in [1.54, 1.807) is 7.11 Å². The van der Waals surface area contributed by atoms with Gasteiger partial charge in [-0.05, 0) is 42.3 Å². The molecule has 118 valence electrons. The zero-order chi connectivity index (χ0) is 16.2. The first-order valence-electron chi connectivity index (χ1n) is 7.64. The van der Waals surface area contributed by atoms with E-state index < -0.39 is 0 Å². The van der Waals surface area contributed by atoms with E-state index in [1.807, 2.05) is 66.3 Å². The monoisotopic (exact) mass is 308 g/mol. The molecule has 3 aromatic rings. The van der Waals surface area contributed by atoms with Crippen molar-refractivity contribution in [3.63, 3.8) is 0 Å². The molecule has 0 atom stereocenters. The van der Waals surface area contributed by atoms with Crippen LogP contribution in [0.2, 0.25) is 0 Å². The number of aryl methyl sites for hydroxylation is 1. The standard InChI is InChI=1S/C19H20N2O2/c1-21-13-11-16-17(4-3-5-18(16)21)19(22)20-12-10-14-6-8-15(23-2)9-7-14/h3-9,11,13H,10,12H2,1-2H3,(H,20,22). The molecule has 2 aromatic carbocycles. The number of carbonyl (C=O) groups excluding carboxylic acids is 1. The van der Waals surface area contributed by atoms with Crippen molar-refractivity contribution in [1.29, 1.82) is 0 Å². The quantitative estimate of drug-likeness (QED) is 0.787. The third-order valence-corrected chi connectivity index (χ3v) is 4.03. The summed E-state index contributed by atoms with van der Waals surface area (Å²) in [7, 11) is 3.63. The number of carbonyl (C=O) groups is 1. The van der Waals surface area contributed by atoms with E-state index >= 15 is 0 Å². The Morgan fingerprint density at radius 3 is 2.65 bits per heavy atom. The molecule has 3 rings (SSSR count). The summed E-state index contributed by atoms with van der Waals surface area (Å²) in [5.41, 5.74) is 2.95. The van der Waals surface area contributed by atoms with Crippen LogP contribution in [0.4, 0.5) is 0 Å². The van der Waals surface area contributed by atoms with Crippen molar-refractivity contribution >= 4 is 16.8 Å². The molecule has 1 N–H and O–H groups in total. The Labute approximate surface area is 135 Å². The second-order valence-electron chi connectivity index (χ2n) is 5.52. The number of nitrogens with one attached hydrogen (secondary N) is 1. The molecule has 0 fully saturated rings. The average molecular weight is 308 g/mol. The highest BCUT2D eigenvalue weighted by atomic mass is 16.5. The van der Waals surface area contributed by atoms with E-state index in [-0.39, 0.29) is 5.91 Å². The molecular weight excluding hydrogens is 288 g/mol. The van der Waals surface area contributed by atoms with Gasteiger partial charge in [0.2, 0.25) is 0 Å². The lowest BCUT2D eigenvalue weighted by Crippen LogP contribution is -2.25. The Hall–Kier alpha value is -2.75. The summed E-state index contributed by atoms with van der Waals surface area (Å²) >= 11 is 0. The summed E-state index contributed by atoms with van der Waals surface area (Å²) in [6.45, 7) is 0.606. The molecule has 0 unspecified atom stereocenters. The summed E-state index contributed by atoms with van der Waals surface area (Å²) in [5, 5.41) is 3.98. The van der Waals surface area contributed by atoms with Crippen molar-refractivity contribution in [1.82, 2.24) is 9.88 Å². The van der Waals surface area contributed by atoms with Crippen LogP contribution in [0.25, 0.3) is 10.9 Å². The van der Waals surface area contributed by atoms with Gasteiger partial charge in [-0.25, -0.2) is 0 Å². The van der Waals surface area contributed by atoms with Gasteiger partial charge in [0.05, 0.1) is 7.11 Å². The number of methoxy groups -OCH3 is 1. The first-order chi connectivity index (χ1) is 11.2. The lowest BCUT2D eigenvalue weighted by Gasteiger charge is -2.07. The van der Waals surface area contributed by atoms with Crippen molar-refractivity contribution in [3.05, 3.63) is 65.9 Å². The predicted octanol–water partition coefficient (Wildman–Crippen LogP) is 3.16. The summed E-state index contributed by atoms with van der Waals surface area (Å²) in [4.78, 5) is 12.4. The molecule has 4 nitrogen and oxygen atoms in total. The van der Waals surface area contributed by atoms with Crippen molar-refractivity contribution in [2.24, 2.45) is 7.05 Å². The minimum atomic E-state index is -0.0321. The fraction of sp³-hybridized carbons (Fsp3) is 0.211. The molecule has 4 heteroatoms. The largest absolute Gasteiger partial charge is 0.497 e.